The fraction of sp³-hybridized carbons (Fsp3) is 0.222. The minimum atomic E-state index is -0.404. The number of halogens is 2. The van der Waals surface area contributed by atoms with Crippen LogP contribution in [0.4, 0.5) is 4.39 Å². The van der Waals surface area contributed by atoms with Crippen LogP contribution >= 0.6 is 11.6 Å². The van der Waals surface area contributed by atoms with Crippen molar-refractivity contribution in [2.45, 2.75) is 18.9 Å². The van der Waals surface area contributed by atoms with E-state index >= 15 is 0 Å². The summed E-state index contributed by atoms with van der Waals surface area (Å²) in [6, 6.07) is 7.74. The van der Waals surface area contributed by atoms with Crippen molar-refractivity contribution < 1.29 is 13.7 Å². The van der Waals surface area contributed by atoms with Crippen LogP contribution in [0, 0.1) is 5.82 Å². The van der Waals surface area contributed by atoms with Crippen molar-refractivity contribution >= 4 is 17.5 Å². The number of likely N-dealkylation sites (tertiary alicyclic amines) is 1. The number of carbonyl (C=O) groups excluding carboxylic acids is 1. The van der Waals surface area contributed by atoms with Gasteiger partial charge >= 0.3 is 0 Å². The molecule has 0 spiro atoms. The first-order valence-corrected chi connectivity index (χ1v) is 8.43. The SMILES string of the molecule is O=C1CC(c2nc(-c3ccncc3)no2)CN1Cc1ccc(F)cc1Cl. The van der Waals surface area contributed by atoms with Crippen molar-refractivity contribution in [3.8, 4) is 11.4 Å². The Balaban J connectivity index is 1.49. The van der Waals surface area contributed by atoms with Gasteiger partial charge in [0.2, 0.25) is 17.6 Å². The van der Waals surface area contributed by atoms with E-state index in [4.69, 9.17) is 16.1 Å². The largest absolute Gasteiger partial charge is 0.339 e. The van der Waals surface area contributed by atoms with Crippen LogP contribution in [0.15, 0.2) is 47.2 Å². The first-order chi connectivity index (χ1) is 12.6. The maximum absolute atomic E-state index is 13.2. The molecule has 3 heterocycles. The summed E-state index contributed by atoms with van der Waals surface area (Å²) >= 11 is 6.06. The van der Waals surface area contributed by atoms with Gasteiger partial charge in [-0.25, -0.2) is 4.39 Å². The van der Waals surface area contributed by atoms with E-state index in [0.29, 0.717) is 35.4 Å². The van der Waals surface area contributed by atoms with Gasteiger partial charge in [0.1, 0.15) is 5.82 Å². The predicted molar refractivity (Wildman–Crippen MR) is 91.7 cm³/mol. The fourth-order valence-electron chi connectivity index (χ4n) is 2.97. The van der Waals surface area contributed by atoms with Gasteiger partial charge in [-0.3, -0.25) is 9.78 Å². The van der Waals surface area contributed by atoms with Crippen molar-refractivity contribution in [3.05, 3.63) is 65.0 Å². The highest BCUT2D eigenvalue weighted by Gasteiger charge is 2.34. The second-order valence-electron chi connectivity index (χ2n) is 6.10. The number of carbonyl (C=O) groups is 1. The third-order valence-electron chi connectivity index (χ3n) is 4.32. The van der Waals surface area contributed by atoms with Gasteiger partial charge in [-0.2, -0.15) is 4.98 Å². The van der Waals surface area contributed by atoms with Gasteiger partial charge in [0, 0.05) is 42.5 Å². The van der Waals surface area contributed by atoms with Gasteiger partial charge in [0.25, 0.3) is 0 Å². The molecule has 1 saturated heterocycles. The number of nitrogens with zero attached hydrogens (tertiary/aromatic N) is 4. The number of benzene rings is 1. The van der Waals surface area contributed by atoms with Crippen LogP contribution in [0.5, 0.6) is 0 Å². The molecule has 2 aromatic heterocycles. The lowest BCUT2D eigenvalue weighted by molar-refractivity contribution is -0.128. The molecule has 6 nitrogen and oxygen atoms in total. The van der Waals surface area contributed by atoms with E-state index in [1.165, 1.54) is 12.1 Å². The summed E-state index contributed by atoms with van der Waals surface area (Å²) < 4.78 is 18.5. The van der Waals surface area contributed by atoms with E-state index in [0.717, 1.165) is 5.56 Å². The first-order valence-electron chi connectivity index (χ1n) is 8.06. The monoisotopic (exact) mass is 372 g/mol. The summed E-state index contributed by atoms with van der Waals surface area (Å²) in [7, 11) is 0. The summed E-state index contributed by atoms with van der Waals surface area (Å²) in [5.74, 6) is 0.287. The maximum Gasteiger partial charge on any atom is 0.232 e. The van der Waals surface area contributed by atoms with Crippen molar-refractivity contribution in [1.29, 1.82) is 0 Å². The number of hydrogen-bond acceptors (Lipinski definition) is 5. The Kier molecular flexibility index (Phi) is 4.38. The molecule has 1 unspecified atom stereocenters. The Morgan fingerprint density at radius 3 is 2.85 bits per heavy atom. The van der Waals surface area contributed by atoms with Crippen molar-refractivity contribution in [3.63, 3.8) is 0 Å². The van der Waals surface area contributed by atoms with E-state index < -0.39 is 5.82 Å². The average molecular weight is 373 g/mol. The standard InChI is InChI=1S/C18H14ClFN4O2/c19-15-8-14(20)2-1-12(15)9-24-10-13(7-16(24)25)18-22-17(23-26-18)11-3-5-21-6-4-11/h1-6,8,13H,7,9-10H2. The zero-order valence-corrected chi connectivity index (χ0v) is 14.4. The van der Waals surface area contributed by atoms with E-state index in [1.807, 2.05) is 0 Å². The number of hydrogen-bond donors (Lipinski definition) is 0. The smallest absolute Gasteiger partial charge is 0.232 e. The molecule has 1 amide bonds. The molecule has 1 aliphatic rings. The summed E-state index contributed by atoms with van der Waals surface area (Å²) in [5, 5.41) is 4.29. The predicted octanol–water partition coefficient (Wildman–Crippen LogP) is 3.44. The summed E-state index contributed by atoms with van der Waals surface area (Å²) in [4.78, 5) is 22.4. The lowest BCUT2D eigenvalue weighted by Gasteiger charge is -2.17. The molecule has 3 aromatic rings. The fourth-order valence-corrected chi connectivity index (χ4v) is 3.19. The molecule has 4 rings (SSSR count). The normalized spacial score (nSPS) is 17.1. The zero-order chi connectivity index (χ0) is 18.1. The van der Waals surface area contributed by atoms with E-state index in [1.54, 1.807) is 35.5 Å². The Morgan fingerprint density at radius 2 is 2.08 bits per heavy atom. The number of rotatable bonds is 4. The number of amides is 1. The van der Waals surface area contributed by atoms with Crippen LogP contribution in [0.3, 0.4) is 0 Å². The Morgan fingerprint density at radius 1 is 1.27 bits per heavy atom. The average Bonchev–Trinajstić information content (AvgIpc) is 3.25. The molecule has 0 saturated carbocycles. The molecule has 1 aliphatic heterocycles. The van der Waals surface area contributed by atoms with Crippen molar-refractivity contribution in [2.24, 2.45) is 0 Å². The van der Waals surface area contributed by atoms with Gasteiger partial charge in [0.15, 0.2) is 0 Å². The van der Waals surface area contributed by atoms with Crippen LogP contribution in [0.25, 0.3) is 11.4 Å². The van der Waals surface area contributed by atoms with E-state index in [-0.39, 0.29) is 18.2 Å². The summed E-state index contributed by atoms with van der Waals surface area (Å²) in [6.07, 6.45) is 3.59. The van der Waals surface area contributed by atoms with Crippen LogP contribution in [-0.4, -0.2) is 32.5 Å². The Labute approximate surface area is 153 Å². The minimum absolute atomic E-state index is 0.0287. The minimum Gasteiger partial charge on any atom is -0.339 e. The van der Waals surface area contributed by atoms with Crippen LogP contribution in [-0.2, 0) is 11.3 Å². The van der Waals surface area contributed by atoms with E-state index in [9.17, 15) is 9.18 Å². The number of aromatic nitrogens is 3. The van der Waals surface area contributed by atoms with Gasteiger partial charge in [-0.15, -0.1) is 0 Å². The number of pyridine rings is 1. The van der Waals surface area contributed by atoms with E-state index in [2.05, 4.69) is 15.1 Å². The van der Waals surface area contributed by atoms with Gasteiger partial charge in [0.05, 0.1) is 5.92 Å². The highest BCUT2D eigenvalue weighted by atomic mass is 35.5. The third kappa shape index (κ3) is 3.30. The van der Waals surface area contributed by atoms with Crippen molar-refractivity contribution in [1.82, 2.24) is 20.0 Å². The highest BCUT2D eigenvalue weighted by Crippen LogP contribution is 2.30. The van der Waals surface area contributed by atoms with Gasteiger partial charge in [-0.05, 0) is 29.8 Å². The zero-order valence-electron chi connectivity index (χ0n) is 13.6. The van der Waals surface area contributed by atoms with Crippen molar-refractivity contribution in [2.75, 3.05) is 6.54 Å². The molecule has 132 valence electrons. The first kappa shape index (κ1) is 16.7. The molecule has 1 fully saturated rings. The molecule has 26 heavy (non-hydrogen) atoms. The van der Waals surface area contributed by atoms with Crippen LogP contribution in [0.1, 0.15) is 23.8 Å². The highest BCUT2D eigenvalue weighted by molar-refractivity contribution is 6.31. The van der Waals surface area contributed by atoms with Gasteiger partial charge in [-0.1, -0.05) is 22.8 Å². The summed E-state index contributed by atoms with van der Waals surface area (Å²) in [5.41, 5.74) is 1.50. The molecule has 0 radical (unpaired) electrons. The topological polar surface area (TPSA) is 72.1 Å². The molecule has 0 aliphatic carbocycles. The molecular formula is C18H14ClFN4O2. The van der Waals surface area contributed by atoms with Crippen LogP contribution in [0.2, 0.25) is 5.02 Å². The van der Waals surface area contributed by atoms with Gasteiger partial charge < -0.3 is 9.42 Å². The molecule has 1 aromatic carbocycles. The van der Waals surface area contributed by atoms with Crippen LogP contribution < -0.4 is 0 Å². The quantitative estimate of drug-likeness (QED) is 0.701. The molecule has 0 N–H and O–H groups in total. The lowest BCUT2D eigenvalue weighted by Crippen LogP contribution is -2.24. The molecule has 0 bridgehead atoms. The Hall–Kier alpha value is -2.80. The maximum atomic E-state index is 13.2. The Bertz CT molecular complexity index is 947. The third-order valence-corrected chi connectivity index (χ3v) is 4.67. The molecule has 1 atom stereocenters. The lowest BCUT2D eigenvalue weighted by atomic mass is 10.1. The second-order valence-corrected chi connectivity index (χ2v) is 6.51. The second kappa shape index (κ2) is 6.84. The summed E-state index contributed by atoms with van der Waals surface area (Å²) in [6.45, 7) is 0.768. The molecular weight excluding hydrogens is 359 g/mol. The molecule has 8 heteroatoms.